The van der Waals surface area contributed by atoms with Crippen molar-refractivity contribution in [2.24, 2.45) is 0 Å². The SMILES string of the molecule is CC(=O)N1CC=C(c2nccnc2Oc2ccc(Nc3ccccn3)cc2)CC1. The number of amides is 1. The number of aromatic nitrogens is 3. The van der Waals surface area contributed by atoms with Crippen molar-refractivity contribution < 1.29 is 9.53 Å². The van der Waals surface area contributed by atoms with Gasteiger partial charge in [-0.05, 0) is 48.4 Å². The van der Waals surface area contributed by atoms with E-state index in [-0.39, 0.29) is 5.91 Å². The van der Waals surface area contributed by atoms with Gasteiger partial charge in [-0.15, -0.1) is 0 Å². The lowest BCUT2D eigenvalue weighted by atomic mass is 10.0. The van der Waals surface area contributed by atoms with Crippen molar-refractivity contribution in [3.8, 4) is 11.6 Å². The summed E-state index contributed by atoms with van der Waals surface area (Å²) in [5, 5.41) is 3.24. The van der Waals surface area contributed by atoms with Crippen molar-refractivity contribution in [3.63, 3.8) is 0 Å². The van der Waals surface area contributed by atoms with Crippen LogP contribution < -0.4 is 10.1 Å². The lowest BCUT2D eigenvalue weighted by molar-refractivity contribution is -0.128. The number of carbonyl (C=O) groups is 1. The first-order valence-electron chi connectivity index (χ1n) is 9.41. The molecule has 0 radical (unpaired) electrons. The maximum absolute atomic E-state index is 11.5. The summed E-state index contributed by atoms with van der Waals surface area (Å²) in [5.74, 6) is 1.98. The fraction of sp³-hybridized carbons (Fsp3) is 0.182. The molecule has 0 bridgehead atoms. The Bertz CT molecular complexity index is 1020. The minimum absolute atomic E-state index is 0.0790. The number of ether oxygens (including phenoxy) is 1. The Labute approximate surface area is 169 Å². The zero-order valence-electron chi connectivity index (χ0n) is 16.1. The van der Waals surface area contributed by atoms with Gasteiger partial charge in [0.2, 0.25) is 11.8 Å². The van der Waals surface area contributed by atoms with E-state index in [1.165, 1.54) is 0 Å². The second kappa shape index (κ2) is 8.52. The van der Waals surface area contributed by atoms with Crippen molar-refractivity contribution in [3.05, 3.63) is 72.8 Å². The maximum Gasteiger partial charge on any atom is 0.245 e. The van der Waals surface area contributed by atoms with E-state index in [2.05, 4.69) is 20.3 Å². The molecule has 0 aliphatic carbocycles. The first kappa shape index (κ1) is 18.6. The molecule has 29 heavy (non-hydrogen) atoms. The summed E-state index contributed by atoms with van der Waals surface area (Å²) < 4.78 is 6.00. The van der Waals surface area contributed by atoms with Crippen LogP contribution in [0.2, 0.25) is 0 Å². The van der Waals surface area contributed by atoms with Gasteiger partial charge in [0.25, 0.3) is 0 Å². The third-order valence-electron chi connectivity index (χ3n) is 4.63. The predicted octanol–water partition coefficient (Wildman–Crippen LogP) is 4.04. The molecule has 146 valence electrons. The average molecular weight is 387 g/mol. The van der Waals surface area contributed by atoms with Gasteiger partial charge in [0.15, 0.2) is 0 Å². The first-order valence-corrected chi connectivity index (χ1v) is 9.41. The van der Waals surface area contributed by atoms with Gasteiger partial charge in [0.1, 0.15) is 17.3 Å². The lowest BCUT2D eigenvalue weighted by Gasteiger charge is -2.25. The topological polar surface area (TPSA) is 80.2 Å². The number of carbonyl (C=O) groups excluding carboxylic acids is 1. The summed E-state index contributed by atoms with van der Waals surface area (Å²) in [7, 11) is 0. The molecule has 0 spiro atoms. The van der Waals surface area contributed by atoms with E-state index >= 15 is 0 Å². The van der Waals surface area contributed by atoms with Crippen molar-refractivity contribution in [1.82, 2.24) is 19.9 Å². The van der Waals surface area contributed by atoms with Gasteiger partial charge in [-0.1, -0.05) is 12.1 Å². The minimum atomic E-state index is 0.0790. The van der Waals surface area contributed by atoms with E-state index in [9.17, 15) is 4.79 Å². The smallest absolute Gasteiger partial charge is 0.245 e. The Morgan fingerprint density at radius 3 is 2.55 bits per heavy atom. The molecule has 1 N–H and O–H groups in total. The molecular formula is C22H21N5O2. The first-order chi connectivity index (χ1) is 14.2. The second-order valence-corrected chi connectivity index (χ2v) is 6.62. The summed E-state index contributed by atoms with van der Waals surface area (Å²) in [4.78, 5) is 26.4. The van der Waals surface area contributed by atoms with Crippen LogP contribution in [-0.4, -0.2) is 38.8 Å². The van der Waals surface area contributed by atoms with Crippen molar-refractivity contribution >= 4 is 23.0 Å². The van der Waals surface area contributed by atoms with Gasteiger partial charge in [-0.25, -0.2) is 15.0 Å². The highest BCUT2D eigenvalue weighted by Crippen LogP contribution is 2.30. The predicted molar refractivity (Wildman–Crippen MR) is 111 cm³/mol. The van der Waals surface area contributed by atoms with Crippen molar-refractivity contribution in [1.29, 1.82) is 0 Å². The van der Waals surface area contributed by atoms with Crippen LogP contribution in [0, 0.1) is 0 Å². The van der Waals surface area contributed by atoms with E-state index in [0.29, 0.717) is 30.4 Å². The van der Waals surface area contributed by atoms with Crippen LogP contribution in [0.1, 0.15) is 19.0 Å². The molecule has 1 aliphatic rings. The number of rotatable bonds is 5. The second-order valence-electron chi connectivity index (χ2n) is 6.62. The molecule has 7 nitrogen and oxygen atoms in total. The maximum atomic E-state index is 11.5. The Balaban J connectivity index is 1.48. The van der Waals surface area contributed by atoms with Gasteiger partial charge in [0.05, 0.1) is 0 Å². The number of anilines is 2. The molecule has 0 fully saturated rings. The molecule has 1 aromatic carbocycles. The highest BCUT2D eigenvalue weighted by Gasteiger charge is 2.19. The fourth-order valence-electron chi connectivity index (χ4n) is 3.09. The standard InChI is InChI=1S/C22H21N5O2/c1-16(28)27-14-9-17(10-15-27)21-22(25-13-12-24-21)29-19-7-5-18(6-8-19)26-20-4-2-3-11-23-20/h2-9,11-13H,10,14-15H2,1H3,(H,23,26). The van der Waals surface area contributed by atoms with Crippen LogP contribution in [0.25, 0.3) is 5.57 Å². The molecular weight excluding hydrogens is 366 g/mol. The molecule has 0 saturated carbocycles. The van der Waals surface area contributed by atoms with Crippen molar-refractivity contribution in [2.75, 3.05) is 18.4 Å². The Morgan fingerprint density at radius 1 is 1.03 bits per heavy atom. The molecule has 4 rings (SSSR count). The van der Waals surface area contributed by atoms with Crippen LogP contribution in [0.3, 0.4) is 0 Å². The van der Waals surface area contributed by atoms with Crippen molar-refractivity contribution in [2.45, 2.75) is 13.3 Å². The van der Waals surface area contributed by atoms with Crippen LogP contribution in [0.5, 0.6) is 11.6 Å². The number of nitrogens with one attached hydrogen (secondary N) is 1. The molecule has 0 unspecified atom stereocenters. The summed E-state index contributed by atoms with van der Waals surface area (Å²) in [6.07, 6.45) is 7.75. The van der Waals surface area contributed by atoms with Gasteiger partial charge in [-0.2, -0.15) is 0 Å². The summed E-state index contributed by atoms with van der Waals surface area (Å²) in [6, 6.07) is 13.3. The van der Waals surface area contributed by atoms with E-state index in [1.54, 1.807) is 30.4 Å². The Kier molecular flexibility index (Phi) is 5.47. The largest absolute Gasteiger partial charge is 0.437 e. The van der Waals surface area contributed by atoms with E-state index < -0.39 is 0 Å². The normalized spacial score (nSPS) is 13.6. The molecule has 3 heterocycles. The third kappa shape index (κ3) is 4.57. The van der Waals surface area contributed by atoms with Crippen LogP contribution in [0.15, 0.2) is 67.1 Å². The Hall–Kier alpha value is -3.74. The van der Waals surface area contributed by atoms with Gasteiger partial charge in [0, 0.05) is 44.3 Å². The molecule has 1 aliphatic heterocycles. The lowest BCUT2D eigenvalue weighted by Crippen LogP contribution is -2.32. The molecule has 0 saturated heterocycles. The third-order valence-corrected chi connectivity index (χ3v) is 4.63. The summed E-state index contributed by atoms with van der Waals surface area (Å²) in [6.45, 7) is 2.84. The average Bonchev–Trinajstić information content (AvgIpc) is 2.76. The quantitative estimate of drug-likeness (QED) is 0.712. The number of nitrogens with zero attached hydrogens (tertiary/aromatic N) is 4. The monoisotopic (exact) mass is 387 g/mol. The minimum Gasteiger partial charge on any atom is -0.437 e. The number of hydrogen-bond donors (Lipinski definition) is 1. The zero-order chi connectivity index (χ0) is 20.1. The molecule has 3 aromatic rings. The summed E-state index contributed by atoms with van der Waals surface area (Å²) in [5.41, 5.74) is 2.67. The van der Waals surface area contributed by atoms with E-state index in [1.807, 2.05) is 48.5 Å². The van der Waals surface area contributed by atoms with Crippen LogP contribution >= 0.6 is 0 Å². The van der Waals surface area contributed by atoms with Gasteiger partial charge in [-0.3, -0.25) is 4.79 Å². The zero-order valence-corrected chi connectivity index (χ0v) is 16.1. The Morgan fingerprint density at radius 2 is 1.86 bits per heavy atom. The van der Waals surface area contributed by atoms with Crippen LogP contribution in [0.4, 0.5) is 11.5 Å². The number of hydrogen-bond acceptors (Lipinski definition) is 6. The number of benzene rings is 1. The van der Waals surface area contributed by atoms with E-state index in [0.717, 1.165) is 23.5 Å². The highest BCUT2D eigenvalue weighted by molar-refractivity contribution is 5.76. The highest BCUT2D eigenvalue weighted by atomic mass is 16.5. The van der Waals surface area contributed by atoms with Gasteiger partial charge < -0.3 is 15.0 Å². The number of pyridine rings is 1. The van der Waals surface area contributed by atoms with Gasteiger partial charge >= 0.3 is 0 Å². The van der Waals surface area contributed by atoms with E-state index in [4.69, 9.17) is 4.74 Å². The molecule has 7 heteroatoms. The fourth-order valence-corrected chi connectivity index (χ4v) is 3.09. The van der Waals surface area contributed by atoms with Crippen LogP contribution in [-0.2, 0) is 4.79 Å². The molecule has 2 aromatic heterocycles. The summed E-state index contributed by atoms with van der Waals surface area (Å²) >= 11 is 0. The molecule has 1 amide bonds. The molecule has 0 atom stereocenters.